The Morgan fingerprint density at radius 3 is 2.41 bits per heavy atom. The molecule has 0 saturated heterocycles. The fraction of sp³-hybridized carbons (Fsp3) is 0.538. The van der Waals surface area contributed by atoms with Crippen molar-refractivity contribution in [3.05, 3.63) is 35.1 Å². The number of benzene rings is 1. The SMILES string of the molecule is COC(CCCCl)(OC)c1ccc(F)c(C)c1. The van der Waals surface area contributed by atoms with Gasteiger partial charge < -0.3 is 9.47 Å². The molecular formula is C13H18ClFO2. The number of ether oxygens (including phenoxy) is 2. The number of rotatable bonds is 6. The zero-order valence-corrected chi connectivity index (χ0v) is 11.2. The molecule has 96 valence electrons. The quantitative estimate of drug-likeness (QED) is 0.575. The molecule has 0 saturated carbocycles. The van der Waals surface area contributed by atoms with Gasteiger partial charge in [0.25, 0.3) is 0 Å². The van der Waals surface area contributed by atoms with Crippen LogP contribution in [0.4, 0.5) is 4.39 Å². The molecule has 0 unspecified atom stereocenters. The number of alkyl halides is 1. The molecule has 0 amide bonds. The highest BCUT2D eigenvalue weighted by Crippen LogP contribution is 2.32. The van der Waals surface area contributed by atoms with Gasteiger partial charge in [-0.15, -0.1) is 11.6 Å². The van der Waals surface area contributed by atoms with Gasteiger partial charge in [0.1, 0.15) is 5.82 Å². The smallest absolute Gasteiger partial charge is 0.194 e. The summed E-state index contributed by atoms with van der Waals surface area (Å²) in [4.78, 5) is 0. The summed E-state index contributed by atoms with van der Waals surface area (Å²) in [6.45, 7) is 1.72. The Hall–Kier alpha value is -0.640. The second-order valence-corrected chi connectivity index (χ2v) is 4.30. The van der Waals surface area contributed by atoms with Crippen LogP contribution in [-0.4, -0.2) is 20.1 Å². The lowest BCUT2D eigenvalue weighted by Crippen LogP contribution is -2.31. The predicted molar refractivity (Wildman–Crippen MR) is 66.8 cm³/mol. The molecular weight excluding hydrogens is 243 g/mol. The van der Waals surface area contributed by atoms with Gasteiger partial charge in [-0.25, -0.2) is 4.39 Å². The van der Waals surface area contributed by atoms with Gasteiger partial charge in [-0.3, -0.25) is 0 Å². The van der Waals surface area contributed by atoms with Crippen LogP contribution in [0.15, 0.2) is 18.2 Å². The van der Waals surface area contributed by atoms with E-state index in [0.717, 1.165) is 12.0 Å². The van der Waals surface area contributed by atoms with E-state index in [4.69, 9.17) is 21.1 Å². The van der Waals surface area contributed by atoms with Crippen molar-refractivity contribution in [2.24, 2.45) is 0 Å². The van der Waals surface area contributed by atoms with Gasteiger partial charge in [-0.05, 0) is 31.0 Å². The van der Waals surface area contributed by atoms with Crippen LogP contribution in [0.25, 0.3) is 0 Å². The summed E-state index contributed by atoms with van der Waals surface area (Å²) in [5.41, 5.74) is 1.39. The van der Waals surface area contributed by atoms with Gasteiger partial charge in [-0.2, -0.15) is 0 Å². The number of aryl methyl sites for hydroxylation is 1. The molecule has 1 aromatic rings. The Labute approximate surface area is 107 Å². The van der Waals surface area contributed by atoms with E-state index in [1.165, 1.54) is 6.07 Å². The monoisotopic (exact) mass is 260 g/mol. The van der Waals surface area contributed by atoms with Crippen LogP contribution in [0.1, 0.15) is 24.0 Å². The number of hydrogen-bond acceptors (Lipinski definition) is 2. The van der Waals surface area contributed by atoms with Crippen molar-refractivity contribution >= 4 is 11.6 Å². The van der Waals surface area contributed by atoms with Crippen molar-refractivity contribution in [3.8, 4) is 0 Å². The van der Waals surface area contributed by atoms with Crippen molar-refractivity contribution in [2.45, 2.75) is 25.6 Å². The Kier molecular flexibility index (Phi) is 5.37. The van der Waals surface area contributed by atoms with Crippen molar-refractivity contribution in [3.63, 3.8) is 0 Å². The Bertz CT molecular complexity index is 364. The van der Waals surface area contributed by atoms with Crippen LogP contribution < -0.4 is 0 Å². The lowest BCUT2D eigenvalue weighted by Gasteiger charge is -2.31. The van der Waals surface area contributed by atoms with Crippen LogP contribution in [-0.2, 0) is 15.3 Å². The van der Waals surface area contributed by atoms with Gasteiger partial charge in [0.05, 0.1) is 0 Å². The van der Waals surface area contributed by atoms with Gasteiger partial charge >= 0.3 is 0 Å². The molecule has 0 aliphatic rings. The van der Waals surface area contributed by atoms with Gasteiger partial charge in [0.2, 0.25) is 0 Å². The fourth-order valence-corrected chi connectivity index (χ4v) is 1.98. The maximum absolute atomic E-state index is 13.2. The molecule has 4 heteroatoms. The summed E-state index contributed by atoms with van der Waals surface area (Å²) in [7, 11) is 3.16. The molecule has 0 aromatic heterocycles. The van der Waals surface area contributed by atoms with Crippen molar-refractivity contribution in [2.75, 3.05) is 20.1 Å². The van der Waals surface area contributed by atoms with Gasteiger partial charge in [0.15, 0.2) is 5.79 Å². The molecule has 1 aromatic carbocycles. The minimum absolute atomic E-state index is 0.229. The highest BCUT2D eigenvalue weighted by atomic mass is 35.5. The number of hydrogen-bond donors (Lipinski definition) is 0. The van der Waals surface area contributed by atoms with E-state index in [0.29, 0.717) is 17.9 Å². The van der Waals surface area contributed by atoms with E-state index < -0.39 is 5.79 Å². The van der Waals surface area contributed by atoms with Crippen LogP contribution >= 0.6 is 11.6 Å². The summed E-state index contributed by atoms with van der Waals surface area (Å²) in [5, 5.41) is 0. The van der Waals surface area contributed by atoms with Gasteiger partial charge in [0, 0.05) is 32.1 Å². The zero-order chi connectivity index (χ0) is 12.9. The van der Waals surface area contributed by atoms with Crippen molar-refractivity contribution in [1.29, 1.82) is 0 Å². The summed E-state index contributed by atoms with van der Waals surface area (Å²) >= 11 is 5.69. The number of methoxy groups -OCH3 is 2. The normalized spacial score (nSPS) is 11.8. The first-order chi connectivity index (χ1) is 8.09. The minimum Gasteiger partial charge on any atom is -0.349 e. The lowest BCUT2D eigenvalue weighted by atomic mass is 9.98. The maximum atomic E-state index is 13.2. The molecule has 17 heavy (non-hydrogen) atoms. The molecule has 0 N–H and O–H groups in total. The first kappa shape index (κ1) is 14.4. The third kappa shape index (κ3) is 3.18. The molecule has 0 aliphatic carbocycles. The second-order valence-electron chi connectivity index (χ2n) is 3.92. The highest BCUT2D eigenvalue weighted by molar-refractivity contribution is 6.17. The standard InChI is InChI=1S/C13H18ClFO2/c1-10-9-11(5-6-12(10)15)13(16-2,17-3)7-4-8-14/h5-6,9H,4,7-8H2,1-3H3. The van der Waals surface area contributed by atoms with Crippen LogP contribution in [0, 0.1) is 12.7 Å². The number of halogens is 2. The summed E-state index contributed by atoms with van der Waals surface area (Å²) in [6, 6.07) is 4.86. The maximum Gasteiger partial charge on any atom is 0.194 e. The summed E-state index contributed by atoms with van der Waals surface area (Å²) < 4.78 is 24.2. The lowest BCUT2D eigenvalue weighted by molar-refractivity contribution is -0.220. The van der Waals surface area contributed by atoms with Gasteiger partial charge in [-0.1, -0.05) is 6.07 Å². The molecule has 0 spiro atoms. The summed E-state index contributed by atoms with van der Waals surface area (Å²) in [5.74, 6) is -0.533. The average molecular weight is 261 g/mol. The third-order valence-electron chi connectivity index (χ3n) is 2.90. The Balaban J connectivity index is 3.07. The van der Waals surface area contributed by atoms with E-state index in [9.17, 15) is 4.39 Å². The first-order valence-electron chi connectivity index (χ1n) is 5.52. The molecule has 0 aliphatic heterocycles. The van der Waals surface area contributed by atoms with E-state index in [1.54, 1.807) is 33.3 Å². The molecule has 0 heterocycles. The van der Waals surface area contributed by atoms with Crippen molar-refractivity contribution in [1.82, 2.24) is 0 Å². The highest BCUT2D eigenvalue weighted by Gasteiger charge is 2.31. The molecule has 1 rings (SSSR count). The molecule has 0 bridgehead atoms. The van der Waals surface area contributed by atoms with E-state index in [2.05, 4.69) is 0 Å². The Morgan fingerprint density at radius 2 is 1.94 bits per heavy atom. The fourth-order valence-electron chi connectivity index (χ4n) is 1.85. The third-order valence-corrected chi connectivity index (χ3v) is 3.16. The average Bonchev–Trinajstić information content (AvgIpc) is 2.35. The topological polar surface area (TPSA) is 18.5 Å². The molecule has 0 fully saturated rings. The second kappa shape index (κ2) is 6.34. The van der Waals surface area contributed by atoms with E-state index >= 15 is 0 Å². The van der Waals surface area contributed by atoms with Crippen LogP contribution in [0.5, 0.6) is 0 Å². The van der Waals surface area contributed by atoms with Crippen LogP contribution in [0.2, 0.25) is 0 Å². The molecule has 0 atom stereocenters. The van der Waals surface area contributed by atoms with E-state index in [-0.39, 0.29) is 5.82 Å². The van der Waals surface area contributed by atoms with E-state index in [1.807, 2.05) is 0 Å². The van der Waals surface area contributed by atoms with Crippen LogP contribution in [0.3, 0.4) is 0 Å². The predicted octanol–water partition coefficient (Wildman–Crippen LogP) is 3.60. The molecule has 2 nitrogen and oxygen atoms in total. The molecule has 0 radical (unpaired) electrons. The zero-order valence-electron chi connectivity index (χ0n) is 10.4. The Morgan fingerprint density at radius 1 is 1.29 bits per heavy atom. The largest absolute Gasteiger partial charge is 0.349 e. The first-order valence-corrected chi connectivity index (χ1v) is 6.06. The summed E-state index contributed by atoms with van der Waals surface area (Å²) in [6.07, 6.45) is 1.40. The minimum atomic E-state index is -0.840. The van der Waals surface area contributed by atoms with Crippen molar-refractivity contribution < 1.29 is 13.9 Å².